The molecule has 2 fully saturated rings. The average Bonchev–Trinajstić information content (AvgIpc) is 3.02. The molecule has 0 aromatic rings. The quantitative estimate of drug-likeness (QED) is 0.669. The fourth-order valence-corrected chi connectivity index (χ4v) is 3.58. The molecule has 2 rings (SSSR count). The van der Waals surface area contributed by atoms with Gasteiger partial charge in [-0.3, -0.25) is 9.69 Å². The van der Waals surface area contributed by atoms with Crippen molar-refractivity contribution < 1.29 is 15.0 Å². The first-order chi connectivity index (χ1) is 9.69. The molecule has 20 heavy (non-hydrogen) atoms. The molecule has 0 radical (unpaired) electrons. The Labute approximate surface area is 121 Å². The van der Waals surface area contributed by atoms with Crippen LogP contribution in [0.2, 0.25) is 0 Å². The Morgan fingerprint density at radius 1 is 1.15 bits per heavy atom. The molecule has 5 nitrogen and oxygen atoms in total. The molecule has 1 heterocycles. The Kier molecular flexibility index (Phi) is 5.81. The fourth-order valence-electron chi connectivity index (χ4n) is 3.58. The van der Waals surface area contributed by atoms with Crippen molar-refractivity contribution in [3.05, 3.63) is 0 Å². The van der Waals surface area contributed by atoms with Crippen molar-refractivity contribution in [3.63, 3.8) is 0 Å². The minimum atomic E-state index is -0.732. The van der Waals surface area contributed by atoms with Gasteiger partial charge in [0.05, 0.1) is 12.7 Å². The van der Waals surface area contributed by atoms with E-state index in [0.29, 0.717) is 13.0 Å². The number of nitrogens with one attached hydrogen (secondary N) is 1. The third kappa shape index (κ3) is 3.51. The molecule has 1 atom stereocenters. The highest BCUT2D eigenvalue weighted by atomic mass is 16.3. The maximum Gasteiger partial charge on any atom is 0.240 e. The van der Waals surface area contributed by atoms with E-state index in [4.69, 9.17) is 5.11 Å². The van der Waals surface area contributed by atoms with Crippen molar-refractivity contribution >= 4 is 5.91 Å². The maximum atomic E-state index is 12.7. The topological polar surface area (TPSA) is 72.8 Å². The molecule has 1 saturated carbocycles. The van der Waals surface area contributed by atoms with E-state index in [9.17, 15) is 9.90 Å². The van der Waals surface area contributed by atoms with Crippen molar-refractivity contribution in [2.45, 2.75) is 63.0 Å². The van der Waals surface area contributed by atoms with Crippen LogP contribution in [0.3, 0.4) is 0 Å². The molecule has 1 saturated heterocycles. The summed E-state index contributed by atoms with van der Waals surface area (Å²) >= 11 is 0. The third-order valence-electron chi connectivity index (χ3n) is 4.79. The van der Waals surface area contributed by atoms with Gasteiger partial charge in [-0.15, -0.1) is 0 Å². The summed E-state index contributed by atoms with van der Waals surface area (Å²) in [6.07, 6.45) is 7.47. The predicted octanol–water partition coefficient (Wildman–Crippen LogP) is 0.645. The molecule has 1 amide bonds. The summed E-state index contributed by atoms with van der Waals surface area (Å²) in [5.74, 6) is 0.129. The van der Waals surface area contributed by atoms with Crippen molar-refractivity contribution in [2.24, 2.45) is 0 Å². The van der Waals surface area contributed by atoms with E-state index in [1.807, 2.05) is 0 Å². The Hall–Kier alpha value is -0.650. The van der Waals surface area contributed by atoms with Gasteiger partial charge in [-0.1, -0.05) is 19.3 Å². The van der Waals surface area contributed by atoms with Gasteiger partial charge in [0.15, 0.2) is 0 Å². The second kappa shape index (κ2) is 7.38. The Morgan fingerprint density at radius 2 is 1.80 bits per heavy atom. The molecule has 2 aliphatic rings. The van der Waals surface area contributed by atoms with E-state index in [-0.39, 0.29) is 18.1 Å². The van der Waals surface area contributed by atoms with E-state index in [2.05, 4.69) is 10.2 Å². The van der Waals surface area contributed by atoms with Gasteiger partial charge in [0.2, 0.25) is 5.91 Å². The normalized spacial score (nSPS) is 24.5. The highest BCUT2D eigenvalue weighted by Crippen LogP contribution is 2.36. The monoisotopic (exact) mass is 284 g/mol. The van der Waals surface area contributed by atoms with Gasteiger partial charge >= 0.3 is 0 Å². The molecule has 3 N–H and O–H groups in total. The van der Waals surface area contributed by atoms with Crippen LogP contribution in [0.4, 0.5) is 0 Å². The summed E-state index contributed by atoms with van der Waals surface area (Å²) in [6, 6.07) is 0. The lowest BCUT2D eigenvalue weighted by Crippen LogP contribution is -2.59. The van der Waals surface area contributed by atoms with Crippen molar-refractivity contribution in [1.29, 1.82) is 0 Å². The van der Waals surface area contributed by atoms with Crippen LogP contribution in [0, 0.1) is 0 Å². The number of amides is 1. The minimum absolute atomic E-state index is 0.129. The molecule has 5 heteroatoms. The first kappa shape index (κ1) is 15.7. The van der Waals surface area contributed by atoms with Gasteiger partial charge in [-0.05, 0) is 45.2 Å². The van der Waals surface area contributed by atoms with E-state index in [1.165, 1.54) is 19.3 Å². The molecule has 0 unspecified atom stereocenters. The van der Waals surface area contributed by atoms with E-state index in [1.54, 1.807) is 0 Å². The largest absolute Gasteiger partial charge is 0.394 e. The van der Waals surface area contributed by atoms with E-state index in [0.717, 1.165) is 38.8 Å². The zero-order valence-corrected chi connectivity index (χ0v) is 12.3. The molecule has 1 aliphatic heterocycles. The zero-order valence-electron chi connectivity index (χ0n) is 12.3. The van der Waals surface area contributed by atoms with Crippen LogP contribution in [0.1, 0.15) is 51.4 Å². The summed E-state index contributed by atoms with van der Waals surface area (Å²) in [4.78, 5) is 15.1. The average molecular weight is 284 g/mol. The molecule has 0 aromatic heterocycles. The second-order valence-electron chi connectivity index (χ2n) is 6.17. The first-order valence-corrected chi connectivity index (χ1v) is 8.01. The summed E-state index contributed by atoms with van der Waals surface area (Å²) in [6.45, 7) is 2.27. The number of carbonyl (C=O) groups is 1. The van der Waals surface area contributed by atoms with Gasteiger partial charge < -0.3 is 15.5 Å². The lowest BCUT2D eigenvalue weighted by Gasteiger charge is -2.43. The van der Waals surface area contributed by atoms with Crippen LogP contribution >= 0.6 is 0 Å². The number of likely N-dealkylation sites (tertiary alicyclic amines) is 1. The third-order valence-corrected chi connectivity index (χ3v) is 4.79. The molecule has 0 aromatic carbocycles. The van der Waals surface area contributed by atoms with Gasteiger partial charge in [0.25, 0.3) is 0 Å². The number of hydrogen-bond acceptors (Lipinski definition) is 4. The van der Waals surface area contributed by atoms with Crippen LogP contribution in [0.5, 0.6) is 0 Å². The predicted molar refractivity (Wildman–Crippen MR) is 77.3 cm³/mol. The standard InChI is InChI=1S/C15H28N2O3/c18-12-13(19)6-9-16-14(20)15(7-2-1-3-8-15)17-10-4-5-11-17/h13,18-19H,1-12H2,(H,16,20)/t13-/m0/s1. The maximum absolute atomic E-state index is 12.7. The van der Waals surface area contributed by atoms with Crippen molar-refractivity contribution in [2.75, 3.05) is 26.2 Å². The summed E-state index contributed by atoms with van der Waals surface area (Å²) in [5, 5.41) is 21.1. The lowest BCUT2D eigenvalue weighted by molar-refractivity contribution is -0.135. The minimum Gasteiger partial charge on any atom is -0.394 e. The first-order valence-electron chi connectivity index (χ1n) is 8.01. The van der Waals surface area contributed by atoms with Crippen molar-refractivity contribution in [1.82, 2.24) is 10.2 Å². The summed E-state index contributed by atoms with van der Waals surface area (Å²) in [7, 11) is 0. The molecular weight excluding hydrogens is 256 g/mol. The van der Waals surface area contributed by atoms with Gasteiger partial charge in [-0.25, -0.2) is 0 Å². The number of nitrogens with zero attached hydrogens (tertiary/aromatic N) is 1. The number of rotatable bonds is 6. The number of hydrogen-bond donors (Lipinski definition) is 3. The second-order valence-corrected chi connectivity index (χ2v) is 6.17. The Bertz CT molecular complexity index is 310. The van der Waals surface area contributed by atoms with E-state index < -0.39 is 6.10 Å². The molecule has 0 bridgehead atoms. The zero-order chi connectivity index (χ0) is 14.4. The molecular formula is C15H28N2O3. The smallest absolute Gasteiger partial charge is 0.240 e. The summed E-state index contributed by atoms with van der Waals surface area (Å²) in [5.41, 5.74) is -0.307. The van der Waals surface area contributed by atoms with Crippen molar-refractivity contribution in [3.8, 4) is 0 Å². The van der Waals surface area contributed by atoms with Crippen LogP contribution in [-0.4, -0.2) is 58.9 Å². The van der Waals surface area contributed by atoms with Crippen LogP contribution in [-0.2, 0) is 4.79 Å². The number of aliphatic hydroxyl groups excluding tert-OH is 2. The Morgan fingerprint density at radius 3 is 2.40 bits per heavy atom. The fraction of sp³-hybridized carbons (Fsp3) is 0.933. The van der Waals surface area contributed by atoms with E-state index >= 15 is 0 Å². The highest BCUT2D eigenvalue weighted by molar-refractivity contribution is 5.86. The van der Waals surface area contributed by atoms with Crippen LogP contribution < -0.4 is 5.32 Å². The number of aliphatic hydroxyl groups is 2. The number of carbonyl (C=O) groups excluding carboxylic acids is 1. The van der Waals surface area contributed by atoms with Gasteiger partial charge in [0, 0.05) is 6.54 Å². The SMILES string of the molecule is O=C(NCC[C@H](O)CO)C1(N2CCCC2)CCCCC1. The van der Waals surface area contributed by atoms with Crippen LogP contribution in [0.25, 0.3) is 0 Å². The highest BCUT2D eigenvalue weighted by Gasteiger charge is 2.45. The molecule has 1 aliphatic carbocycles. The molecule has 0 spiro atoms. The van der Waals surface area contributed by atoms with Gasteiger partial charge in [-0.2, -0.15) is 0 Å². The van der Waals surface area contributed by atoms with Gasteiger partial charge in [0.1, 0.15) is 5.54 Å². The summed E-state index contributed by atoms with van der Waals surface area (Å²) < 4.78 is 0. The van der Waals surface area contributed by atoms with Crippen LogP contribution in [0.15, 0.2) is 0 Å². The molecule has 116 valence electrons. The lowest BCUT2D eigenvalue weighted by atomic mass is 9.79. The Balaban J connectivity index is 1.93.